The molecule has 80 valence electrons. The number of alkyl halides is 2. The van der Waals surface area contributed by atoms with Gasteiger partial charge in [-0.25, -0.2) is 0 Å². The van der Waals surface area contributed by atoms with E-state index in [4.69, 9.17) is 27.9 Å². The average Bonchev–Trinajstić information content (AvgIpc) is 2.13. The summed E-state index contributed by atoms with van der Waals surface area (Å²) in [6.07, 6.45) is 6.15. The minimum Gasteiger partial charge on any atom is -0.379 e. The fourth-order valence-electron chi connectivity index (χ4n) is 1.14. The number of rotatable bonds is 9. The third-order valence-electron chi connectivity index (χ3n) is 1.89. The van der Waals surface area contributed by atoms with Crippen LogP contribution >= 0.6 is 23.2 Å². The van der Waals surface area contributed by atoms with Crippen LogP contribution in [0.2, 0.25) is 0 Å². The van der Waals surface area contributed by atoms with Crippen LogP contribution in [-0.2, 0) is 4.74 Å². The largest absolute Gasteiger partial charge is 0.379 e. The fraction of sp³-hybridized carbons (Fsp3) is 1.00. The predicted molar refractivity (Wildman–Crippen MR) is 59.9 cm³/mol. The highest BCUT2D eigenvalue weighted by Gasteiger charge is 2.03. The van der Waals surface area contributed by atoms with Crippen molar-refractivity contribution < 1.29 is 4.74 Å². The van der Waals surface area contributed by atoms with Gasteiger partial charge in [0.2, 0.25) is 0 Å². The molecule has 0 bridgehead atoms. The summed E-state index contributed by atoms with van der Waals surface area (Å²) >= 11 is 11.5. The van der Waals surface area contributed by atoms with Crippen molar-refractivity contribution in [1.82, 2.24) is 0 Å². The molecule has 13 heavy (non-hydrogen) atoms. The smallest absolute Gasteiger partial charge is 0.0630 e. The van der Waals surface area contributed by atoms with E-state index in [-0.39, 0.29) is 5.38 Å². The second-order valence-corrected chi connectivity index (χ2v) is 4.21. The van der Waals surface area contributed by atoms with Crippen LogP contribution < -0.4 is 0 Å². The average molecular weight is 227 g/mol. The summed E-state index contributed by atoms with van der Waals surface area (Å²) in [4.78, 5) is 0. The Morgan fingerprint density at radius 3 is 2.62 bits per heavy atom. The number of halogens is 2. The lowest BCUT2D eigenvalue weighted by Crippen LogP contribution is -2.10. The molecule has 0 aliphatic rings. The molecule has 0 aliphatic carbocycles. The Morgan fingerprint density at radius 2 is 2.00 bits per heavy atom. The van der Waals surface area contributed by atoms with Crippen LogP contribution in [-0.4, -0.2) is 24.5 Å². The maximum absolute atomic E-state index is 6.03. The second kappa shape index (κ2) is 10.6. The van der Waals surface area contributed by atoms with Gasteiger partial charge in [0, 0.05) is 5.88 Å². The Bertz CT molecular complexity index is 98.9. The molecule has 0 heterocycles. The normalized spacial score (nSPS) is 13.2. The summed E-state index contributed by atoms with van der Waals surface area (Å²) < 4.78 is 5.24. The molecule has 0 aromatic heterocycles. The Labute approximate surface area is 91.7 Å². The van der Waals surface area contributed by atoms with E-state index in [2.05, 4.69) is 6.92 Å². The molecule has 1 nitrogen and oxygen atoms in total. The first-order chi connectivity index (χ1) is 6.31. The first kappa shape index (κ1) is 13.5. The van der Waals surface area contributed by atoms with Gasteiger partial charge in [-0.05, 0) is 6.42 Å². The molecule has 0 aromatic carbocycles. The van der Waals surface area contributed by atoms with E-state index >= 15 is 0 Å². The molecule has 0 N–H and O–H groups in total. The van der Waals surface area contributed by atoms with Crippen LogP contribution in [0.25, 0.3) is 0 Å². The first-order valence-corrected chi connectivity index (χ1v) is 6.06. The standard InChI is InChI=1S/C10H20Cl2O/c1-2-3-4-5-6-10(12)9-13-8-7-11/h10H,2-9H2,1H3. The van der Waals surface area contributed by atoms with Crippen LogP contribution in [0.1, 0.15) is 39.0 Å². The molecule has 0 spiro atoms. The van der Waals surface area contributed by atoms with Gasteiger partial charge in [-0.1, -0.05) is 32.6 Å². The molecule has 0 aromatic rings. The number of hydrogen-bond donors (Lipinski definition) is 0. The van der Waals surface area contributed by atoms with E-state index in [9.17, 15) is 0 Å². The summed E-state index contributed by atoms with van der Waals surface area (Å²) in [5.41, 5.74) is 0. The van der Waals surface area contributed by atoms with E-state index in [0.717, 1.165) is 6.42 Å². The zero-order chi connectivity index (χ0) is 9.94. The van der Waals surface area contributed by atoms with Gasteiger partial charge in [0.15, 0.2) is 0 Å². The summed E-state index contributed by atoms with van der Waals surface area (Å²) in [5.74, 6) is 0.555. The Hall–Kier alpha value is 0.540. The topological polar surface area (TPSA) is 9.23 Å². The van der Waals surface area contributed by atoms with Crippen molar-refractivity contribution >= 4 is 23.2 Å². The van der Waals surface area contributed by atoms with Crippen molar-refractivity contribution in [2.45, 2.75) is 44.4 Å². The third-order valence-corrected chi connectivity index (χ3v) is 2.39. The summed E-state index contributed by atoms with van der Waals surface area (Å²) in [6, 6.07) is 0. The third kappa shape index (κ3) is 10.5. The Kier molecular flexibility index (Phi) is 11.1. The highest BCUT2D eigenvalue weighted by atomic mass is 35.5. The van der Waals surface area contributed by atoms with Crippen molar-refractivity contribution in [3.05, 3.63) is 0 Å². The van der Waals surface area contributed by atoms with Gasteiger partial charge in [0.1, 0.15) is 0 Å². The van der Waals surface area contributed by atoms with Gasteiger partial charge in [-0.3, -0.25) is 0 Å². The van der Waals surface area contributed by atoms with E-state index < -0.39 is 0 Å². The predicted octanol–water partition coefficient (Wildman–Crippen LogP) is 3.82. The van der Waals surface area contributed by atoms with Crippen molar-refractivity contribution in [3.8, 4) is 0 Å². The van der Waals surface area contributed by atoms with Gasteiger partial charge >= 0.3 is 0 Å². The molecular weight excluding hydrogens is 207 g/mol. The molecular formula is C10H20Cl2O. The quantitative estimate of drug-likeness (QED) is 0.429. The van der Waals surface area contributed by atoms with Gasteiger partial charge in [-0.2, -0.15) is 0 Å². The maximum atomic E-state index is 6.03. The molecule has 0 rings (SSSR count). The first-order valence-electron chi connectivity index (χ1n) is 5.09. The lowest BCUT2D eigenvalue weighted by molar-refractivity contribution is 0.147. The lowest BCUT2D eigenvalue weighted by Gasteiger charge is -2.08. The zero-order valence-corrected chi connectivity index (χ0v) is 9.91. The van der Waals surface area contributed by atoms with Gasteiger partial charge in [0.05, 0.1) is 18.6 Å². The molecule has 1 atom stereocenters. The minimum atomic E-state index is 0.167. The maximum Gasteiger partial charge on any atom is 0.0630 e. The molecule has 0 saturated heterocycles. The fourth-order valence-corrected chi connectivity index (χ4v) is 1.49. The van der Waals surface area contributed by atoms with Gasteiger partial charge < -0.3 is 4.74 Å². The SMILES string of the molecule is CCCCCCC(Cl)COCCCl. The van der Waals surface area contributed by atoms with Crippen molar-refractivity contribution in [3.63, 3.8) is 0 Å². The lowest BCUT2D eigenvalue weighted by atomic mass is 10.1. The second-order valence-electron chi connectivity index (χ2n) is 3.21. The van der Waals surface area contributed by atoms with Crippen molar-refractivity contribution in [1.29, 1.82) is 0 Å². The molecule has 0 radical (unpaired) electrons. The summed E-state index contributed by atoms with van der Waals surface area (Å²) in [7, 11) is 0. The highest BCUT2D eigenvalue weighted by molar-refractivity contribution is 6.20. The van der Waals surface area contributed by atoms with E-state index in [1.165, 1.54) is 25.7 Å². The minimum absolute atomic E-state index is 0.167. The summed E-state index contributed by atoms with van der Waals surface area (Å²) in [5, 5.41) is 0.167. The molecule has 0 amide bonds. The van der Waals surface area contributed by atoms with Gasteiger partial charge in [-0.15, -0.1) is 23.2 Å². The molecule has 0 aliphatic heterocycles. The Balaban J connectivity index is 3.05. The van der Waals surface area contributed by atoms with Crippen LogP contribution in [0.5, 0.6) is 0 Å². The van der Waals surface area contributed by atoms with Crippen LogP contribution in [0.3, 0.4) is 0 Å². The zero-order valence-electron chi connectivity index (χ0n) is 8.40. The molecule has 1 unspecified atom stereocenters. The number of unbranched alkanes of at least 4 members (excludes halogenated alkanes) is 3. The van der Waals surface area contributed by atoms with Crippen LogP contribution in [0.4, 0.5) is 0 Å². The molecule has 0 saturated carbocycles. The van der Waals surface area contributed by atoms with Crippen molar-refractivity contribution in [2.75, 3.05) is 19.1 Å². The van der Waals surface area contributed by atoms with Gasteiger partial charge in [0.25, 0.3) is 0 Å². The van der Waals surface area contributed by atoms with Crippen molar-refractivity contribution in [2.24, 2.45) is 0 Å². The van der Waals surface area contributed by atoms with Crippen LogP contribution in [0.15, 0.2) is 0 Å². The summed E-state index contributed by atoms with van der Waals surface area (Å²) in [6.45, 7) is 3.46. The van der Waals surface area contributed by atoms with E-state index in [0.29, 0.717) is 19.1 Å². The van der Waals surface area contributed by atoms with Crippen LogP contribution in [0, 0.1) is 0 Å². The Morgan fingerprint density at radius 1 is 1.23 bits per heavy atom. The number of ether oxygens (including phenoxy) is 1. The highest BCUT2D eigenvalue weighted by Crippen LogP contribution is 2.10. The molecule has 3 heteroatoms. The molecule has 0 fully saturated rings. The number of hydrogen-bond acceptors (Lipinski definition) is 1. The van der Waals surface area contributed by atoms with E-state index in [1.54, 1.807) is 0 Å². The van der Waals surface area contributed by atoms with E-state index in [1.807, 2.05) is 0 Å². The monoisotopic (exact) mass is 226 g/mol.